The van der Waals surface area contributed by atoms with Crippen molar-refractivity contribution in [1.29, 1.82) is 0 Å². The second-order valence-corrected chi connectivity index (χ2v) is 4.69. The molecule has 0 radical (unpaired) electrons. The van der Waals surface area contributed by atoms with E-state index in [-0.39, 0.29) is 5.82 Å². The molecule has 0 unspecified atom stereocenters. The summed E-state index contributed by atoms with van der Waals surface area (Å²) in [5, 5.41) is 0. The first-order valence-electron chi connectivity index (χ1n) is 5.91. The Morgan fingerprint density at radius 2 is 2.11 bits per heavy atom. The van der Waals surface area contributed by atoms with Crippen LogP contribution in [0.4, 0.5) is 4.39 Å². The number of nitrogens with zero attached hydrogens (tertiary/aromatic N) is 1. The molecule has 0 fully saturated rings. The molecule has 3 nitrogen and oxygen atoms in total. The Bertz CT molecular complexity index is 563. The van der Waals surface area contributed by atoms with E-state index in [2.05, 4.69) is 20.9 Å². The molecule has 1 aromatic heterocycles. The lowest BCUT2D eigenvalue weighted by atomic mass is 10.3. The SMILES string of the molecule is CCCOc1cccnc1Oc1cc(F)ccc1Br. The van der Waals surface area contributed by atoms with Crippen LogP contribution in [0.3, 0.4) is 0 Å². The summed E-state index contributed by atoms with van der Waals surface area (Å²) in [7, 11) is 0. The Hall–Kier alpha value is -1.62. The van der Waals surface area contributed by atoms with Crippen LogP contribution in [0.2, 0.25) is 0 Å². The van der Waals surface area contributed by atoms with Crippen LogP contribution >= 0.6 is 15.9 Å². The maximum Gasteiger partial charge on any atom is 0.262 e. The predicted octanol–water partition coefficient (Wildman–Crippen LogP) is 4.56. The summed E-state index contributed by atoms with van der Waals surface area (Å²) in [6, 6.07) is 7.76. The van der Waals surface area contributed by atoms with Gasteiger partial charge in [0.25, 0.3) is 5.88 Å². The molecule has 0 aliphatic heterocycles. The molecule has 0 spiro atoms. The normalized spacial score (nSPS) is 10.3. The summed E-state index contributed by atoms with van der Waals surface area (Å²) in [5.41, 5.74) is 0. The van der Waals surface area contributed by atoms with Gasteiger partial charge < -0.3 is 9.47 Å². The van der Waals surface area contributed by atoms with E-state index in [9.17, 15) is 4.39 Å². The van der Waals surface area contributed by atoms with Gasteiger partial charge in [-0.2, -0.15) is 0 Å². The molecule has 0 aliphatic carbocycles. The highest BCUT2D eigenvalue weighted by molar-refractivity contribution is 9.10. The Labute approximate surface area is 119 Å². The van der Waals surface area contributed by atoms with E-state index < -0.39 is 0 Å². The van der Waals surface area contributed by atoms with Gasteiger partial charge in [0.2, 0.25) is 0 Å². The standard InChI is InChI=1S/C14H13BrFNO2/c1-2-8-18-12-4-3-7-17-14(12)19-13-9-10(16)5-6-11(13)15/h3-7,9H,2,8H2,1H3. The minimum atomic E-state index is -0.370. The van der Waals surface area contributed by atoms with Crippen LogP contribution in [0.25, 0.3) is 0 Å². The van der Waals surface area contributed by atoms with E-state index in [1.54, 1.807) is 24.4 Å². The van der Waals surface area contributed by atoms with Gasteiger partial charge in [-0.1, -0.05) is 6.92 Å². The molecule has 0 amide bonds. The highest BCUT2D eigenvalue weighted by Gasteiger charge is 2.10. The van der Waals surface area contributed by atoms with E-state index in [1.807, 2.05) is 6.92 Å². The number of ether oxygens (including phenoxy) is 2. The Kier molecular flexibility index (Phi) is 4.74. The number of aromatic nitrogens is 1. The van der Waals surface area contributed by atoms with Crippen LogP contribution in [0, 0.1) is 5.82 Å². The van der Waals surface area contributed by atoms with Gasteiger partial charge in [-0.05, 0) is 46.6 Å². The maximum absolute atomic E-state index is 13.2. The lowest BCUT2D eigenvalue weighted by Crippen LogP contribution is -1.99. The average molecular weight is 326 g/mol. The third-order valence-electron chi connectivity index (χ3n) is 2.30. The minimum Gasteiger partial charge on any atom is -0.488 e. The average Bonchev–Trinajstić information content (AvgIpc) is 2.42. The van der Waals surface area contributed by atoms with Gasteiger partial charge >= 0.3 is 0 Å². The molecule has 0 N–H and O–H groups in total. The highest BCUT2D eigenvalue weighted by atomic mass is 79.9. The van der Waals surface area contributed by atoms with Crippen LogP contribution in [-0.2, 0) is 0 Å². The summed E-state index contributed by atoms with van der Waals surface area (Å²) in [4.78, 5) is 4.11. The summed E-state index contributed by atoms with van der Waals surface area (Å²) < 4.78 is 25.0. The molecule has 2 aromatic rings. The zero-order valence-corrected chi connectivity index (χ0v) is 12.0. The lowest BCUT2D eigenvalue weighted by Gasteiger charge is -2.11. The Morgan fingerprint density at radius 3 is 2.89 bits per heavy atom. The lowest BCUT2D eigenvalue weighted by molar-refractivity contribution is 0.297. The van der Waals surface area contributed by atoms with E-state index >= 15 is 0 Å². The van der Waals surface area contributed by atoms with Crippen LogP contribution in [0.15, 0.2) is 41.0 Å². The highest BCUT2D eigenvalue weighted by Crippen LogP contribution is 2.33. The number of halogens is 2. The third-order valence-corrected chi connectivity index (χ3v) is 2.95. The first-order chi connectivity index (χ1) is 9.20. The number of hydrogen-bond donors (Lipinski definition) is 0. The molecule has 19 heavy (non-hydrogen) atoms. The van der Waals surface area contributed by atoms with Crippen molar-refractivity contribution in [2.45, 2.75) is 13.3 Å². The molecule has 0 aliphatic rings. The predicted molar refractivity (Wildman–Crippen MR) is 74.2 cm³/mol. The van der Waals surface area contributed by atoms with Crippen molar-refractivity contribution in [1.82, 2.24) is 4.98 Å². The molecule has 0 saturated carbocycles. The van der Waals surface area contributed by atoms with Crippen molar-refractivity contribution in [2.24, 2.45) is 0 Å². The monoisotopic (exact) mass is 325 g/mol. The number of pyridine rings is 1. The fourth-order valence-corrected chi connectivity index (χ4v) is 1.76. The van der Waals surface area contributed by atoms with Crippen LogP contribution in [-0.4, -0.2) is 11.6 Å². The minimum absolute atomic E-state index is 0.322. The fraction of sp³-hybridized carbons (Fsp3) is 0.214. The summed E-state index contributed by atoms with van der Waals surface area (Å²) >= 11 is 3.30. The molecule has 0 bridgehead atoms. The first kappa shape index (κ1) is 13.8. The second-order valence-electron chi connectivity index (χ2n) is 3.83. The number of rotatable bonds is 5. The van der Waals surface area contributed by atoms with Crippen molar-refractivity contribution < 1.29 is 13.9 Å². The van der Waals surface area contributed by atoms with Gasteiger partial charge in [0, 0.05) is 12.3 Å². The number of benzene rings is 1. The Balaban J connectivity index is 2.25. The number of hydrogen-bond acceptors (Lipinski definition) is 3. The van der Waals surface area contributed by atoms with E-state index in [0.717, 1.165) is 6.42 Å². The van der Waals surface area contributed by atoms with E-state index in [1.165, 1.54) is 12.1 Å². The summed E-state index contributed by atoms with van der Waals surface area (Å²) in [5.74, 6) is 0.855. The van der Waals surface area contributed by atoms with Gasteiger partial charge in [-0.3, -0.25) is 0 Å². The zero-order valence-electron chi connectivity index (χ0n) is 10.4. The summed E-state index contributed by atoms with van der Waals surface area (Å²) in [6.45, 7) is 2.59. The molecule has 0 saturated heterocycles. The molecule has 0 atom stereocenters. The topological polar surface area (TPSA) is 31.4 Å². The molecule has 5 heteroatoms. The van der Waals surface area contributed by atoms with Crippen molar-refractivity contribution in [3.8, 4) is 17.4 Å². The molecule has 100 valence electrons. The van der Waals surface area contributed by atoms with Crippen molar-refractivity contribution >= 4 is 15.9 Å². The van der Waals surface area contributed by atoms with Gasteiger partial charge in [0.1, 0.15) is 11.6 Å². The molecule has 2 rings (SSSR count). The largest absolute Gasteiger partial charge is 0.488 e. The van der Waals surface area contributed by atoms with Gasteiger partial charge in [-0.15, -0.1) is 0 Å². The molecule has 1 heterocycles. The molecule has 1 aromatic carbocycles. The fourth-order valence-electron chi connectivity index (χ4n) is 1.43. The smallest absolute Gasteiger partial charge is 0.262 e. The van der Waals surface area contributed by atoms with Crippen molar-refractivity contribution in [3.63, 3.8) is 0 Å². The Morgan fingerprint density at radius 1 is 1.26 bits per heavy atom. The molecular formula is C14H13BrFNO2. The van der Waals surface area contributed by atoms with E-state index in [4.69, 9.17) is 9.47 Å². The van der Waals surface area contributed by atoms with Crippen LogP contribution < -0.4 is 9.47 Å². The van der Waals surface area contributed by atoms with Crippen molar-refractivity contribution in [3.05, 3.63) is 46.8 Å². The van der Waals surface area contributed by atoms with Gasteiger partial charge in [0.15, 0.2) is 5.75 Å². The summed E-state index contributed by atoms with van der Waals surface area (Å²) in [6.07, 6.45) is 2.49. The third kappa shape index (κ3) is 3.67. The van der Waals surface area contributed by atoms with Gasteiger partial charge in [0.05, 0.1) is 11.1 Å². The van der Waals surface area contributed by atoms with Crippen LogP contribution in [0.1, 0.15) is 13.3 Å². The van der Waals surface area contributed by atoms with Crippen LogP contribution in [0.5, 0.6) is 17.4 Å². The molecular weight excluding hydrogens is 313 g/mol. The van der Waals surface area contributed by atoms with Gasteiger partial charge in [-0.25, -0.2) is 9.37 Å². The van der Waals surface area contributed by atoms with Crippen molar-refractivity contribution in [2.75, 3.05) is 6.61 Å². The van der Waals surface area contributed by atoms with E-state index in [0.29, 0.717) is 28.5 Å². The zero-order chi connectivity index (χ0) is 13.7. The first-order valence-corrected chi connectivity index (χ1v) is 6.70. The maximum atomic E-state index is 13.2. The quantitative estimate of drug-likeness (QED) is 0.807. The second kappa shape index (κ2) is 6.52.